The maximum absolute atomic E-state index is 11.8. The highest BCUT2D eigenvalue weighted by Crippen LogP contribution is 2.27. The molecule has 0 saturated carbocycles. The maximum atomic E-state index is 11.8. The van der Waals surface area contributed by atoms with Gasteiger partial charge in [-0.3, -0.25) is 4.79 Å². The average Bonchev–Trinajstić information content (AvgIpc) is 2.38. The van der Waals surface area contributed by atoms with E-state index in [0.29, 0.717) is 13.0 Å². The smallest absolute Gasteiger partial charge is 0.306 e. The summed E-state index contributed by atoms with van der Waals surface area (Å²) < 4.78 is 5.24. The van der Waals surface area contributed by atoms with Crippen molar-refractivity contribution >= 4 is 17.6 Å². The van der Waals surface area contributed by atoms with Gasteiger partial charge in [-0.2, -0.15) is 0 Å². The van der Waals surface area contributed by atoms with E-state index in [9.17, 15) is 4.79 Å². The van der Waals surface area contributed by atoms with Crippen LogP contribution in [0.5, 0.6) is 0 Å². The van der Waals surface area contributed by atoms with Crippen LogP contribution < -0.4 is 0 Å². The van der Waals surface area contributed by atoms with Gasteiger partial charge in [-0.25, -0.2) is 0 Å². The normalized spacial score (nSPS) is 12.2. The zero-order valence-electron chi connectivity index (χ0n) is 11.8. The number of rotatable bonds is 8. The van der Waals surface area contributed by atoms with Gasteiger partial charge in [0, 0.05) is 5.02 Å². The Labute approximate surface area is 121 Å². The molecule has 0 heterocycles. The van der Waals surface area contributed by atoms with E-state index in [-0.39, 0.29) is 11.9 Å². The van der Waals surface area contributed by atoms with Gasteiger partial charge in [0.25, 0.3) is 0 Å². The van der Waals surface area contributed by atoms with Gasteiger partial charge < -0.3 is 4.74 Å². The fourth-order valence-electron chi connectivity index (χ4n) is 2.09. The van der Waals surface area contributed by atoms with Crippen LogP contribution in [0.2, 0.25) is 5.02 Å². The number of benzene rings is 1. The zero-order valence-corrected chi connectivity index (χ0v) is 12.6. The average molecular weight is 283 g/mol. The van der Waals surface area contributed by atoms with E-state index >= 15 is 0 Å². The third-order valence-electron chi connectivity index (χ3n) is 3.13. The van der Waals surface area contributed by atoms with Gasteiger partial charge in [0.05, 0.1) is 13.0 Å². The van der Waals surface area contributed by atoms with E-state index in [4.69, 9.17) is 16.3 Å². The van der Waals surface area contributed by atoms with Crippen LogP contribution in [-0.4, -0.2) is 12.6 Å². The van der Waals surface area contributed by atoms with Crippen molar-refractivity contribution in [3.05, 3.63) is 34.9 Å². The van der Waals surface area contributed by atoms with Gasteiger partial charge in [0.15, 0.2) is 0 Å². The number of halogens is 1. The molecule has 0 saturated heterocycles. The summed E-state index contributed by atoms with van der Waals surface area (Å²) in [6, 6.07) is 7.77. The molecule has 3 heteroatoms. The Hall–Kier alpha value is -1.02. The highest BCUT2D eigenvalue weighted by Gasteiger charge is 2.16. The largest absolute Gasteiger partial charge is 0.466 e. The van der Waals surface area contributed by atoms with E-state index in [0.717, 1.165) is 36.3 Å². The van der Waals surface area contributed by atoms with Crippen LogP contribution >= 0.6 is 11.6 Å². The minimum Gasteiger partial charge on any atom is -0.466 e. The number of carbonyl (C=O) groups is 1. The van der Waals surface area contributed by atoms with E-state index in [2.05, 4.69) is 13.8 Å². The van der Waals surface area contributed by atoms with Crippen LogP contribution in [0.4, 0.5) is 0 Å². The lowest BCUT2D eigenvalue weighted by atomic mass is 9.91. The number of hydrogen-bond donors (Lipinski definition) is 0. The Morgan fingerprint density at radius 2 is 2.11 bits per heavy atom. The first-order chi connectivity index (χ1) is 9.17. The Balaban J connectivity index is 2.60. The fraction of sp³-hybridized carbons (Fsp3) is 0.562. The molecule has 2 nitrogen and oxygen atoms in total. The van der Waals surface area contributed by atoms with Crippen molar-refractivity contribution in [2.45, 2.75) is 51.9 Å². The van der Waals surface area contributed by atoms with Gasteiger partial charge in [0.1, 0.15) is 0 Å². The summed E-state index contributed by atoms with van der Waals surface area (Å²) in [4.78, 5) is 11.8. The fourth-order valence-corrected chi connectivity index (χ4v) is 2.28. The van der Waals surface area contributed by atoms with Crippen molar-refractivity contribution in [2.24, 2.45) is 0 Å². The summed E-state index contributed by atoms with van der Waals surface area (Å²) in [6.45, 7) is 4.74. The summed E-state index contributed by atoms with van der Waals surface area (Å²) in [5.74, 6) is 0.102. The monoisotopic (exact) mass is 282 g/mol. The van der Waals surface area contributed by atoms with Crippen molar-refractivity contribution < 1.29 is 9.53 Å². The number of esters is 1. The summed E-state index contributed by atoms with van der Waals surface area (Å²) in [5, 5.41) is 0.720. The lowest BCUT2D eigenvalue weighted by Gasteiger charge is -2.16. The molecule has 1 aromatic carbocycles. The van der Waals surface area contributed by atoms with Crippen molar-refractivity contribution in [2.75, 3.05) is 6.61 Å². The molecule has 0 spiro atoms. The third kappa shape index (κ3) is 6.11. The summed E-state index contributed by atoms with van der Waals surface area (Å²) in [7, 11) is 0. The van der Waals surface area contributed by atoms with Crippen molar-refractivity contribution in [1.29, 1.82) is 0 Å². The van der Waals surface area contributed by atoms with Crippen LogP contribution in [-0.2, 0) is 9.53 Å². The molecule has 0 N–H and O–H groups in total. The van der Waals surface area contributed by atoms with Gasteiger partial charge in [-0.05, 0) is 36.5 Å². The molecule has 0 fully saturated rings. The molecule has 0 aromatic heterocycles. The van der Waals surface area contributed by atoms with E-state index < -0.39 is 0 Å². The predicted octanol–water partition coefficient (Wildman–Crippen LogP) is 4.96. The molecule has 1 rings (SSSR count). The van der Waals surface area contributed by atoms with Gasteiger partial charge >= 0.3 is 5.97 Å². The highest BCUT2D eigenvalue weighted by atomic mass is 35.5. The van der Waals surface area contributed by atoms with Crippen LogP contribution in [0.3, 0.4) is 0 Å². The van der Waals surface area contributed by atoms with Crippen LogP contribution in [0.1, 0.15) is 57.4 Å². The zero-order chi connectivity index (χ0) is 14.1. The van der Waals surface area contributed by atoms with Gasteiger partial charge in [-0.15, -0.1) is 0 Å². The Kier molecular flexibility index (Phi) is 7.57. The molecule has 1 unspecified atom stereocenters. The highest BCUT2D eigenvalue weighted by molar-refractivity contribution is 6.30. The molecule has 0 amide bonds. The SMILES string of the molecule is CCCCOC(=O)CC(CCC)c1cccc(Cl)c1. The number of ether oxygens (including phenoxy) is 1. The molecular weight excluding hydrogens is 260 g/mol. The van der Waals surface area contributed by atoms with Crippen molar-refractivity contribution in [1.82, 2.24) is 0 Å². The van der Waals surface area contributed by atoms with Gasteiger partial charge in [-0.1, -0.05) is 50.4 Å². The molecule has 0 bridgehead atoms. The summed E-state index contributed by atoms with van der Waals surface area (Å²) in [5.41, 5.74) is 1.13. The van der Waals surface area contributed by atoms with E-state index in [1.165, 1.54) is 0 Å². The van der Waals surface area contributed by atoms with Crippen LogP contribution in [0.25, 0.3) is 0 Å². The Morgan fingerprint density at radius 1 is 1.32 bits per heavy atom. The molecular formula is C16H23ClO2. The maximum Gasteiger partial charge on any atom is 0.306 e. The minimum absolute atomic E-state index is 0.105. The molecule has 1 aromatic rings. The standard InChI is InChI=1S/C16H23ClO2/c1-3-5-10-19-16(18)12-13(7-4-2)14-8-6-9-15(17)11-14/h6,8-9,11,13H,3-5,7,10,12H2,1-2H3. The summed E-state index contributed by atoms with van der Waals surface area (Å²) >= 11 is 6.01. The number of hydrogen-bond acceptors (Lipinski definition) is 2. The minimum atomic E-state index is -0.105. The first kappa shape index (κ1) is 16.0. The molecule has 0 radical (unpaired) electrons. The molecule has 1 atom stereocenters. The summed E-state index contributed by atoms with van der Waals surface area (Å²) in [6.07, 6.45) is 4.43. The van der Waals surface area contributed by atoms with E-state index in [1.54, 1.807) is 0 Å². The van der Waals surface area contributed by atoms with Crippen LogP contribution in [0, 0.1) is 0 Å². The Morgan fingerprint density at radius 3 is 2.74 bits per heavy atom. The second-order valence-electron chi connectivity index (χ2n) is 4.82. The van der Waals surface area contributed by atoms with Crippen molar-refractivity contribution in [3.63, 3.8) is 0 Å². The quantitative estimate of drug-likeness (QED) is 0.498. The third-order valence-corrected chi connectivity index (χ3v) is 3.37. The second-order valence-corrected chi connectivity index (χ2v) is 5.26. The molecule has 0 aliphatic carbocycles. The molecule has 0 aliphatic heterocycles. The lowest BCUT2D eigenvalue weighted by molar-refractivity contribution is -0.144. The van der Waals surface area contributed by atoms with Crippen LogP contribution in [0.15, 0.2) is 24.3 Å². The topological polar surface area (TPSA) is 26.3 Å². The van der Waals surface area contributed by atoms with Crippen molar-refractivity contribution in [3.8, 4) is 0 Å². The number of unbranched alkanes of at least 4 members (excludes halogenated alkanes) is 1. The molecule has 106 valence electrons. The molecule has 19 heavy (non-hydrogen) atoms. The van der Waals surface area contributed by atoms with E-state index in [1.807, 2.05) is 24.3 Å². The van der Waals surface area contributed by atoms with Gasteiger partial charge in [0.2, 0.25) is 0 Å². The first-order valence-electron chi connectivity index (χ1n) is 7.08. The second kappa shape index (κ2) is 8.98. The Bertz CT molecular complexity index is 390. The number of carbonyl (C=O) groups excluding carboxylic acids is 1. The molecule has 0 aliphatic rings. The lowest BCUT2D eigenvalue weighted by Crippen LogP contribution is -2.11. The predicted molar refractivity (Wildman–Crippen MR) is 79.6 cm³/mol. The first-order valence-corrected chi connectivity index (χ1v) is 7.46.